The summed E-state index contributed by atoms with van der Waals surface area (Å²) in [7, 11) is 0. The van der Waals surface area contributed by atoms with Crippen LogP contribution >= 0.6 is 0 Å². The highest BCUT2D eigenvalue weighted by atomic mass is 16.5. The molecule has 2 fully saturated rings. The Balaban J connectivity index is 1.60. The summed E-state index contributed by atoms with van der Waals surface area (Å²) in [4.78, 5) is 0. The number of hydrogen-bond acceptors (Lipinski definition) is 2. The Kier molecular flexibility index (Phi) is 8.36. The smallest absolute Gasteiger partial charge is 0.0901 e. The summed E-state index contributed by atoms with van der Waals surface area (Å²) in [5.41, 5.74) is 0. The van der Waals surface area contributed by atoms with Crippen molar-refractivity contribution in [2.24, 2.45) is 23.7 Å². The molecule has 0 aromatic heterocycles. The Bertz CT molecular complexity index is 297. The molecule has 0 atom stereocenters. The number of hydrogen-bond donors (Lipinski definition) is 0. The van der Waals surface area contributed by atoms with Gasteiger partial charge in [-0.25, -0.2) is 0 Å². The van der Waals surface area contributed by atoms with Gasteiger partial charge in [0.05, 0.1) is 12.9 Å². The topological polar surface area (TPSA) is 18.5 Å². The van der Waals surface area contributed by atoms with Crippen LogP contribution in [0.5, 0.6) is 0 Å². The first-order chi connectivity index (χ1) is 10.8. The van der Waals surface area contributed by atoms with Gasteiger partial charge >= 0.3 is 0 Å². The van der Waals surface area contributed by atoms with Crippen LogP contribution in [0.1, 0.15) is 71.6 Å². The van der Waals surface area contributed by atoms with Gasteiger partial charge in [0.15, 0.2) is 0 Å². The molecule has 2 aliphatic carbocycles. The molecule has 2 saturated carbocycles. The minimum absolute atomic E-state index is 0.798. The van der Waals surface area contributed by atoms with Crippen molar-refractivity contribution in [3.8, 4) is 0 Å². The monoisotopic (exact) mass is 308 g/mol. The lowest BCUT2D eigenvalue weighted by atomic mass is 9.69. The lowest BCUT2D eigenvalue weighted by Gasteiger charge is -2.37. The highest BCUT2D eigenvalue weighted by Crippen LogP contribution is 2.41. The van der Waals surface area contributed by atoms with Gasteiger partial charge in [0.1, 0.15) is 0 Å². The molecule has 22 heavy (non-hydrogen) atoms. The van der Waals surface area contributed by atoms with E-state index in [1.807, 2.05) is 6.26 Å². The number of ether oxygens (including phenoxy) is 2. The molecule has 0 radical (unpaired) electrons. The molecule has 0 aromatic carbocycles. The van der Waals surface area contributed by atoms with Crippen LogP contribution in [-0.4, -0.2) is 19.8 Å². The van der Waals surface area contributed by atoms with E-state index in [0.29, 0.717) is 0 Å². The van der Waals surface area contributed by atoms with Crippen LogP contribution in [0, 0.1) is 23.7 Å². The third-order valence-electron chi connectivity index (χ3n) is 5.77. The van der Waals surface area contributed by atoms with E-state index in [4.69, 9.17) is 9.47 Å². The normalized spacial score (nSPS) is 33.2. The molecule has 0 heterocycles. The summed E-state index contributed by atoms with van der Waals surface area (Å²) >= 11 is 0. The van der Waals surface area contributed by atoms with Crippen LogP contribution in [0.2, 0.25) is 0 Å². The van der Waals surface area contributed by atoms with Crippen LogP contribution < -0.4 is 0 Å². The predicted octanol–water partition coefficient (Wildman–Crippen LogP) is 5.58. The maximum atomic E-state index is 5.65. The fourth-order valence-corrected chi connectivity index (χ4v) is 4.29. The fourth-order valence-electron chi connectivity index (χ4n) is 4.29. The van der Waals surface area contributed by atoms with Gasteiger partial charge < -0.3 is 9.47 Å². The van der Waals surface area contributed by atoms with Crippen LogP contribution in [0.4, 0.5) is 0 Å². The van der Waals surface area contributed by atoms with E-state index in [0.717, 1.165) is 49.9 Å². The zero-order valence-corrected chi connectivity index (χ0v) is 14.8. The van der Waals surface area contributed by atoms with E-state index in [2.05, 4.69) is 19.9 Å². The van der Waals surface area contributed by atoms with Crippen molar-refractivity contribution >= 4 is 0 Å². The van der Waals surface area contributed by atoms with E-state index in [1.165, 1.54) is 51.4 Å². The van der Waals surface area contributed by atoms with Crippen molar-refractivity contribution in [2.75, 3.05) is 19.8 Å². The quantitative estimate of drug-likeness (QED) is 0.545. The summed E-state index contributed by atoms with van der Waals surface area (Å²) < 4.78 is 11.3. The highest BCUT2D eigenvalue weighted by molar-refractivity contribution is 4.82. The van der Waals surface area contributed by atoms with Crippen LogP contribution in [-0.2, 0) is 9.47 Å². The maximum absolute atomic E-state index is 5.65. The second-order valence-electron chi connectivity index (χ2n) is 7.33. The molecule has 2 nitrogen and oxygen atoms in total. The summed E-state index contributed by atoms with van der Waals surface area (Å²) in [5, 5.41) is 0. The Hall–Kier alpha value is -0.500. The maximum Gasteiger partial charge on any atom is 0.0901 e. The molecule has 0 saturated heterocycles. The molecule has 0 amide bonds. The first kappa shape index (κ1) is 17.8. The molecule has 128 valence electrons. The van der Waals surface area contributed by atoms with E-state index >= 15 is 0 Å². The summed E-state index contributed by atoms with van der Waals surface area (Å²) in [6, 6.07) is 0. The Morgan fingerprint density at radius 2 is 1.32 bits per heavy atom. The summed E-state index contributed by atoms with van der Waals surface area (Å²) in [5.74, 6) is 3.63. The molecule has 2 heteroatoms. The largest absolute Gasteiger partial charge is 0.501 e. The van der Waals surface area contributed by atoms with Crippen molar-refractivity contribution in [1.82, 2.24) is 0 Å². The van der Waals surface area contributed by atoms with Gasteiger partial charge in [-0.05, 0) is 88.4 Å². The Labute approximate surface area is 137 Å². The molecule has 0 aromatic rings. The van der Waals surface area contributed by atoms with Crippen LogP contribution in [0.3, 0.4) is 0 Å². The van der Waals surface area contributed by atoms with Crippen molar-refractivity contribution in [3.63, 3.8) is 0 Å². The standard InChI is InChI=1S/C20H36O2/c1-3-5-14-22-16-18-8-12-20(13-9-18)19-10-6-17(7-11-19)15-21-4-2/h5,14,17-20H,3-4,6-13,15-16H2,1-2H3. The van der Waals surface area contributed by atoms with Gasteiger partial charge in [-0.1, -0.05) is 13.0 Å². The van der Waals surface area contributed by atoms with E-state index in [-0.39, 0.29) is 0 Å². The minimum atomic E-state index is 0.798. The van der Waals surface area contributed by atoms with E-state index < -0.39 is 0 Å². The Morgan fingerprint density at radius 3 is 1.82 bits per heavy atom. The van der Waals surface area contributed by atoms with Gasteiger partial charge in [-0.2, -0.15) is 0 Å². The lowest BCUT2D eigenvalue weighted by Crippen LogP contribution is -2.28. The molecule has 2 rings (SSSR count). The van der Waals surface area contributed by atoms with Gasteiger partial charge in [0.2, 0.25) is 0 Å². The Morgan fingerprint density at radius 1 is 0.773 bits per heavy atom. The molecule has 0 bridgehead atoms. The molecular formula is C20H36O2. The predicted molar refractivity (Wildman–Crippen MR) is 92.8 cm³/mol. The first-order valence-corrected chi connectivity index (χ1v) is 9.67. The molecule has 0 aliphatic heterocycles. The first-order valence-electron chi connectivity index (χ1n) is 9.67. The second-order valence-corrected chi connectivity index (χ2v) is 7.33. The zero-order valence-electron chi connectivity index (χ0n) is 14.8. The van der Waals surface area contributed by atoms with Crippen molar-refractivity contribution < 1.29 is 9.47 Å². The second kappa shape index (κ2) is 10.3. The van der Waals surface area contributed by atoms with Crippen LogP contribution in [0.25, 0.3) is 0 Å². The molecule has 0 spiro atoms. The minimum Gasteiger partial charge on any atom is -0.501 e. The highest BCUT2D eigenvalue weighted by Gasteiger charge is 2.30. The van der Waals surface area contributed by atoms with Crippen LogP contribution in [0.15, 0.2) is 12.3 Å². The third-order valence-corrected chi connectivity index (χ3v) is 5.77. The molecule has 2 aliphatic rings. The van der Waals surface area contributed by atoms with E-state index in [1.54, 1.807) is 0 Å². The van der Waals surface area contributed by atoms with Crippen molar-refractivity contribution in [1.29, 1.82) is 0 Å². The SMILES string of the molecule is CCC=COCC1CCC(C2CCC(COCC)CC2)CC1. The summed E-state index contributed by atoms with van der Waals surface area (Å²) in [6.45, 7) is 7.06. The van der Waals surface area contributed by atoms with Gasteiger partial charge in [0.25, 0.3) is 0 Å². The molecule has 0 unspecified atom stereocenters. The summed E-state index contributed by atoms with van der Waals surface area (Å²) in [6.07, 6.45) is 16.4. The molecular weight excluding hydrogens is 272 g/mol. The van der Waals surface area contributed by atoms with Crippen molar-refractivity contribution in [3.05, 3.63) is 12.3 Å². The lowest BCUT2D eigenvalue weighted by molar-refractivity contribution is 0.0668. The number of allylic oxidation sites excluding steroid dienone is 1. The average molecular weight is 309 g/mol. The van der Waals surface area contributed by atoms with Gasteiger partial charge in [-0.3, -0.25) is 0 Å². The fraction of sp³-hybridized carbons (Fsp3) is 0.900. The zero-order chi connectivity index (χ0) is 15.6. The van der Waals surface area contributed by atoms with Crippen molar-refractivity contribution in [2.45, 2.75) is 71.6 Å². The van der Waals surface area contributed by atoms with E-state index in [9.17, 15) is 0 Å². The molecule has 0 N–H and O–H groups in total. The number of rotatable bonds is 8. The average Bonchev–Trinajstić information content (AvgIpc) is 2.58. The third kappa shape index (κ3) is 5.95. The van der Waals surface area contributed by atoms with Gasteiger partial charge in [0, 0.05) is 13.2 Å². The van der Waals surface area contributed by atoms with Gasteiger partial charge in [-0.15, -0.1) is 0 Å².